The minimum atomic E-state index is -4.41. The van der Waals surface area contributed by atoms with Crippen molar-refractivity contribution in [3.8, 4) is 0 Å². The molecule has 0 amide bonds. The van der Waals surface area contributed by atoms with Crippen LogP contribution in [0.5, 0.6) is 0 Å². The lowest BCUT2D eigenvalue weighted by molar-refractivity contribution is -0.138. The van der Waals surface area contributed by atoms with Crippen molar-refractivity contribution in [2.45, 2.75) is 18.6 Å². The van der Waals surface area contributed by atoms with Crippen LogP contribution in [-0.4, -0.2) is 17.1 Å². The maximum Gasteiger partial charge on any atom is 0.399 e. The van der Waals surface area contributed by atoms with Crippen LogP contribution in [0.2, 0.25) is 0 Å². The lowest BCUT2D eigenvalue weighted by atomic mass is 10.1. The fourth-order valence-electron chi connectivity index (χ4n) is 1.41. The zero-order valence-corrected chi connectivity index (χ0v) is 10.6. The molecule has 0 bridgehead atoms. The van der Waals surface area contributed by atoms with Gasteiger partial charge in [0.25, 0.3) is 0 Å². The number of rotatable bonds is 7. The third-order valence-corrected chi connectivity index (χ3v) is 3.56. The summed E-state index contributed by atoms with van der Waals surface area (Å²) < 4.78 is 40.9. The van der Waals surface area contributed by atoms with Crippen LogP contribution in [0.15, 0.2) is 24.3 Å². The number of benzene rings is 1. The Bertz CT molecular complexity index is 473. The molecule has 9 heteroatoms. The fourth-order valence-corrected chi connectivity index (χ4v) is 2.18. The fraction of sp³-hybridized carbons (Fsp3) is 0.300. The molecule has 19 heavy (non-hydrogen) atoms. The van der Waals surface area contributed by atoms with E-state index in [4.69, 9.17) is 10.8 Å². The van der Waals surface area contributed by atoms with Crippen LogP contribution in [0.25, 0.3) is 0 Å². The summed E-state index contributed by atoms with van der Waals surface area (Å²) in [6.45, 7) is 0. The lowest BCUT2D eigenvalue weighted by Crippen LogP contribution is -2.32. The van der Waals surface area contributed by atoms with Crippen LogP contribution < -0.4 is 5.73 Å². The molecular formula is C10H12F2NO5P. The van der Waals surface area contributed by atoms with E-state index in [1.165, 1.54) is 24.3 Å². The van der Waals surface area contributed by atoms with Gasteiger partial charge in [-0.05, 0) is 26.6 Å². The molecule has 0 aliphatic rings. The van der Waals surface area contributed by atoms with Crippen molar-refractivity contribution >= 4 is 13.6 Å². The SMILES string of the molecule is N[C@@H](Cc1ccc(CP(=O)(OF)OF)cc1)C(=O)O. The zero-order valence-electron chi connectivity index (χ0n) is 9.66. The van der Waals surface area contributed by atoms with E-state index < -0.39 is 25.8 Å². The minimum Gasteiger partial charge on any atom is -0.480 e. The molecule has 0 aliphatic carbocycles. The largest absolute Gasteiger partial charge is 0.480 e. The monoisotopic (exact) mass is 295 g/mol. The predicted octanol–water partition coefficient (Wildman–Crippen LogP) is 2.14. The van der Waals surface area contributed by atoms with E-state index >= 15 is 0 Å². The number of hydrogen-bond donors (Lipinski definition) is 2. The quantitative estimate of drug-likeness (QED) is 0.748. The average Bonchev–Trinajstić information content (AvgIpc) is 2.40. The van der Waals surface area contributed by atoms with Gasteiger partial charge < -0.3 is 10.8 Å². The van der Waals surface area contributed by atoms with Crippen LogP contribution in [0, 0.1) is 0 Å². The second kappa shape index (κ2) is 6.72. The Labute approximate surface area is 107 Å². The molecule has 1 aromatic carbocycles. The van der Waals surface area contributed by atoms with Gasteiger partial charge in [-0.2, -0.15) is 0 Å². The molecule has 3 N–H and O–H groups in total. The molecule has 0 aliphatic heterocycles. The van der Waals surface area contributed by atoms with E-state index in [9.17, 15) is 18.4 Å². The first-order chi connectivity index (χ1) is 8.90. The van der Waals surface area contributed by atoms with Gasteiger partial charge in [-0.1, -0.05) is 24.3 Å². The first-order valence-corrected chi connectivity index (χ1v) is 6.89. The van der Waals surface area contributed by atoms with Crippen molar-refractivity contribution in [3.05, 3.63) is 35.4 Å². The Morgan fingerprint density at radius 3 is 2.16 bits per heavy atom. The topological polar surface area (TPSA) is 98.9 Å². The summed E-state index contributed by atoms with van der Waals surface area (Å²) in [5.41, 5.74) is 6.28. The summed E-state index contributed by atoms with van der Waals surface area (Å²) in [5, 5.41) is 8.64. The van der Waals surface area contributed by atoms with Crippen molar-refractivity contribution in [3.63, 3.8) is 0 Å². The molecule has 0 heterocycles. The van der Waals surface area contributed by atoms with E-state index in [1.807, 2.05) is 0 Å². The maximum atomic E-state index is 11.9. The summed E-state index contributed by atoms with van der Waals surface area (Å²) >= 11 is 0. The number of carbonyl (C=O) groups is 1. The number of halogens is 2. The molecule has 6 nitrogen and oxygen atoms in total. The molecule has 1 aromatic rings. The maximum absolute atomic E-state index is 11.9. The molecule has 0 aromatic heterocycles. The highest BCUT2D eigenvalue weighted by Crippen LogP contribution is 2.52. The normalized spacial score (nSPS) is 13.2. The Morgan fingerprint density at radius 1 is 1.26 bits per heavy atom. The van der Waals surface area contributed by atoms with Gasteiger partial charge in [0.05, 0.1) is 6.16 Å². The van der Waals surface area contributed by atoms with Gasteiger partial charge in [-0.15, -0.1) is 9.46 Å². The molecular weight excluding hydrogens is 283 g/mol. The lowest BCUT2D eigenvalue weighted by Gasteiger charge is -2.09. The second-order valence-corrected chi connectivity index (χ2v) is 5.69. The molecule has 0 saturated heterocycles. The zero-order chi connectivity index (χ0) is 14.5. The number of carboxylic acids is 1. The van der Waals surface area contributed by atoms with Gasteiger partial charge in [0.15, 0.2) is 0 Å². The van der Waals surface area contributed by atoms with E-state index in [2.05, 4.69) is 9.46 Å². The average molecular weight is 295 g/mol. The third kappa shape index (κ3) is 4.68. The smallest absolute Gasteiger partial charge is 0.399 e. The molecule has 0 radical (unpaired) electrons. The van der Waals surface area contributed by atoms with Crippen LogP contribution in [0.1, 0.15) is 11.1 Å². The van der Waals surface area contributed by atoms with E-state index in [1.54, 1.807) is 0 Å². The summed E-state index contributed by atoms with van der Waals surface area (Å²) in [7, 11) is -4.41. The first kappa shape index (κ1) is 15.7. The molecule has 0 spiro atoms. The summed E-state index contributed by atoms with van der Waals surface area (Å²) in [6.07, 6.45) is -0.474. The molecule has 1 rings (SSSR count). The minimum absolute atomic E-state index is 0.104. The Balaban J connectivity index is 2.72. The Morgan fingerprint density at radius 2 is 1.74 bits per heavy atom. The predicted molar refractivity (Wildman–Crippen MR) is 61.5 cm³/mol. The van der Waals surface area contributed by atoms with E-state index in [0.29, 0.717) is 11.1 Å². The van der Waals surface area contributed by atoms with Gasteiger partial charge >= 0.3 is 13.6 Å². The first-order valence-electron chi connectivity index (χ1n) is 5.16. The van der Waals surface area contributed by atoms with Crippen molar-refractivity contribution in [2.24, 2.45) is 5.73 Å². The van der Waals surface area contributed by atoms with Gasteiger partial charge in [0.1, 0.15) is 6.04 Å². The number of carboxylic acid groups (broad SMARTS) is 1. The number of hydrogen-bond acceptors (Lipinski definition) is 5. The van der Waals surface area contributed by atoms with E-state index in [-0.39, 0.29) is 6.42 Å². The summed E-state index contributed by atoms with van der Waals surface area (Å²) in [6, 6.07) is 4.83. The van der Waals surface area contributed by atoms with Gasteiger partial charge in [-0.3, -0.25) is 9.36 Å². The standard InChI is InChI=1S/C10H12F2NO5P/c11-17-19(16,18-12)6-8-3-1-7(2-4-8)5-9(13)10(14)15/h1-4,9H,5-6,13H2,(H,14,15)/t9-/m0/s1. The summed E-state index contributed by atoms with van der Waals surface area (Å²) in [5.74, 6) is -1.13. The molecule has 0 unspecified atom stereocenters. The van der Waals surface area contributed by atoms with Crippen molar-refractivity contribution in [2.75, 3.05) is 0 Å². The number of aliphatic carboxylic acids is 1. The molecule has 1 atom stereocenters. The highest BCUT2D eigenvalue weighted by Gasteiger charge is 2.28. The second-order valence-electron chi connectivity index (χ2n) is 3.87. The summed E-state index contributed by atoms with van der Waals surface area (Å²) in [4.78, 5) is 10.6. The molecule has 0 fully saturated rings. The Hall–Kier alpha value is -1.34. The highest BCUT2D eigenvalue weighted by atomic mass is 31.2. The number of nitrogens with two attached hydrogens (primary N) is 1. The van der Waals surface area contributed by atoms with Gasteiger partial charge in [0.2, 0.25) is 0 Å². The van der Waals surface area contributed by atoms with Crippen LogP contribution >= 0.6 is 7.60 Å². The van der Waals surface area contributed by atoms with Gasteiger partial charge in [-0.25, -0.2) is 0 Å². The van der Waals surface area contributed by atoms with Crippen molar-refractivity contribution < 1.29 is 33.0 Å². The van der Waals surface area contributed by atoms with Crippen molar-refractivity contribution in [1.29, 1.82) is 0 Å². The third-order valence-electron chi connectivity index (χ3n) is 2.38. The van der Waals surface area contributed by atoms with Crippen LogP contribution in [0.3, 0.4) is 0 Å². The van der Waals surface area contributed by atoms with Crippen molar-refractivity contribution in [1.82, 2.24) is 0 Å². The van der Waals surface area contributed by atoms with E-state index in [0.717, 1.165) is 0 Å². The highest BCUT2D eigenvalue weighted by molar-refractivity contribution is 7.52. The molecule has 0 saturated carbocycles. The van der Waals surface area contributed by atoms with Crippen LogP contribution in [-0.2, 0) is 31.4 Å². The van der Waals surface area contributed by atoms with Gasteiger partial charge in [0, 0.05) is 0 Å². The Kier molecular flexibility index (Phi) is 5.56. The molecule has 106 valence electrons. The van der Waals surface area contributed by atoms with Crippen LogP contribution in [0.4, 0.5) is 9.05 Å².